The molecular formula is C23H28N2O4S. The molecule has 0 aliphatic carbocycles. The quantitative estimate of drug-likeness (QED) is 0.709. The Balaban J connectivity index is 1.58. The minimum atomic E-state index is -3.30. The van der Waals surface area contributed by atoms with E-state index in [1.54, 1.807) is 12.1 Å². The highest BCUT2D eigenvalue weighted by atomic mass is 32.2. The third-order valence-corrected chi connectivity index (χ3v) is 7.08. The normalized spacial score (nSPS) is 17.0. The van der Waals surface area contributed by atoms with Crippen LogP contribution in [0.3, 0.4) is 0 Å². The fourth-order valence-electron chi connectivity index (χ4n) is 4.30. The van der Waals surface area contributed by atoms with Gasteiger partial charge in [-0.2, -0.15) is 0 Å². The van der Waals surface area contributed by atoms with Crippen molar-refractivity contribution < 1.29 is 17.9 Å². The van der Waals surface area contributed by atoms with Gasteiger partial charge in [0.2, 0.25) is 10.0 Å². The molecule has 0 unspecified atom stereocenters. The van der Waals surface area contributed by atoms with E-state index >= 15 is 0 Å². The van der Waals surface area contributed by atoms with Crippen molar-refractivity contribution in [2.45, 2.75) is 25.8 Å². The van der Waals surface area contributed by atoms with Crippen molar-refractivity contribution in [3.05, 3.63) is 65.2 Å². The van der Waals surface area contributed by atoms with Gasteiger partial charge < -0.3 is 9.64 Å². The fourth-order valence-corrected chi connectivity index (χ4v) is 5.25. The molecule has 2 aliphatic rings. The van der Waals surface area contributed by atoms with Crippen LogP contribution in [-0.2, 0) is 27.7 Å². The number of benzene rings is 2. The van der Waals surface area contributed by atoms with Crippen molar-refractivity contribution in [1.82, 2.24) is 4.90 Å². The van der Waals surface area contributed by atoms with Gasteiger partial charge in [0.1, 0.15) is 0 Å². The van der Waals surface area contributed by atoms with Gasteiger partial charge in [0.15, 0.2) is 0 Å². The number of carbonyl (C=O) groups excluding carboxylic acids is 1. The van der Waals surface area contributed by atoms with Crippen LogP contribution in [0, 0.1) is 5.92 Å². The first kappa shape index (κ1) is 20.9. The van der Waals surface area contributed by atoms with E-state index in [9.17, 15) is 13.2 Å². The number of hydrogen-bond donors (Lipinski definition) is 0. The van der Waals surface area contributed by atoms with Gasteiger partial charge in [0.25, 0.3) is 5.91 Å². The molecule has 1 fully saturated rings. The highest BCUT2D eigenvalue weighted by molar-refractivity contribution is 7.92. The van der Waals surface area contributed by atoms with E-state index in [2.05, 4.69) is 0 Å². The summed E-state index contributed by atoms with van der Waals surface area (Å²) in [5, 5.41) is 0. The smallest absolute Gasteiger partial charge is 0.254 e. The molecule has 0 N–H and O–H groups in total. The summed E-state index contributed by atoms with van der Waals surface area (Å²) in [6, 6.07) is 15.4. The summed E-state index contributed by atoms with van der Waals surface area (Å²) in [7, 11) is -3.30. The minimum Gasteiger partial charge on any atom is -0.381 e. The lowest BCUT2D eigenvalue weighted by Crippen LogP contribution is -2.36. The molecule has 0 atom stereocenters. The third-order valence-electron chi connectivity index (χ3n) is 5.90. The molecule has 2 aliphatic heterocycles. The van der Waals surface area contributed by atoms with E-state index in [-0.39, 0.29) is 5.91 Å². The lowest BCUT2D eigenvalue weighted by atomic mass is 9.98. The Kier molecular flexibility index (Phi) is 6.11. The number of amides is 1. The van der Waals surface area contributed by atoms with Gasteiger partial charge in [0, 0.05) is 38.4 Å². The average molecular weight is 429 g/mol. The van der Waals surface area contributed by atoms with Crippen molar-refractivity contribution in [3.63, 3.8) is 0 Å². The molecule has 0 spiro atoms. The Labute approximate surface area is 178 Å². The van der Waals surface area contributed by atoms with Crippen molar-refractivity contribution >= 4 is 21.6 Å². The van der Waals surface area contributed by atoms with Crippen LogP contribution in [0.2, 0.25) is 0 Å². The average Bonchev–Trinajstić information content (AvgIpc) is 3.18. The van der Waals surface area contributed by atoms with Gasteiger partial charge in [-0.1, -0.05) is 30.3 Å². The molecule has 1 amide bonds. The Morgan fingerprint density at radius 1 is 1.13 bits per heavy atom. The van der Waals surface area contributed by atoms with Gasteiger partial charge in [0.05, 0.1) is 11.9 Å². The predicted molar refractivity (Wildman–Crippen MR) is 117 cm³/mol. The molecule has 4 rings (SSSR count). The largest absolute Gasteiger partial charge is 0.381 e. The van der Waals surface area contributed by atoms with E-state index in [4.69, 9.17) is 4.74 Å². The lowest BCUT2D eigenvalue weighted by molar-refractivity contribution is 0.0446. The monoisotopic (exact) mass is 428 g/mol. The van der Waals surface area contributed by atoms with E-state index in [0.717, 1.165) is 37.2 Å². The summed E-state index contributed by atoms with van der Waals surface area (Å²) in [4.78, 5) is 15.4. The summed E-state index contributed by atoms with van der Waals surface area (Å²) in [6.45, 7) is 3.19. The highest BCUT2D eigenvalue weighted by Crippen LogP contribution is 2.31. The fraction of sp³-hybridized carbons (Fsp3) is 0.435. The summed E-state index contributed by atoms with van der Waals surface area (Å²) < 4.78 is 30.9. The number of fused-ring (bicyclic) bond motifs is 1. The maximum atomic E-state index is 13.5. The molecule has 2 heterocycles. The van der Waals surface area contributed by atoms with Crippen molar-refractivity contribution in [1.29, 1.82) is 0 Å². The Bertz CT molecular complexity index is 1000. The molecule has 0 aromatic heterocycles. The molecule has 7 heteroatoms. The van der Waals surface area contributed by atoms with Gasteiger partial charge in [-0.25, -0.2) is 8.42 Å². The topological polar surface area (TPSA) is 66.9 Å². The van der Waals surface area contributed by atoms with Crippen LogP contribution in [0.25, 0.3) is 0 Å². The maximum absolute atomic E-state index is 13.5. The maximum Gasteiger partial charge on any atom is 0.254 e. The number of sulfonamides is 1. The SMILES string of the molecule is CS(=O)(=O)N1CCc2cc(C(=O)N(Cc3ccccc3)CC3CCOCC3)ccc21. The van der Waals surface area contributed by atoms with Crippen LogP contribution in [0.4, 0.5) is 5.69 Å². The van der Waals surface area contributed by atoms with Crippen LogP contribution in [0.15, 0.2) is 48.5 Å². The first-order valence-corrected chi connectivity index (χ1v) is 12.3. The second-order valence-electron chi connectivity index (χ2n) is 8.16. The van der Waals surface area contributed by atoms with Crippen LogP contribution < -0.4 is 4.31 Å². The first-order chi connectivity index (χ1) is 14.4. The summed E-state index contributed by atoms with van der Waals surface area (Å²) in [6.07, 6.45) is 3.77. The number of anilines is 1. The number of carbonyl (C=O) groups is 1. The van der Waals surface area contributed by atoms with Crippen LogP contribution in [0.1, 0.15) is 34.3 Å². The molecule has 160 valence electrons. The second-order valence-corrected chi connectivity index (χ2v) is 10.1. The third kappa shape index (κ3) is 4.68. The zero-order valence-corrected chi connectivity index (χ0v) is 18.1. The number of rotatable bonds is 6. The number of nitrogens with zero attached hydrogens (tertiary/aromatic N) is 2. The van der Waals surface area contributed by atoms with E-state index in [0.29, 0.717) is 43.2 Å². The van der Waals surface area contributed by atoms with E-state index < -0.39 is 10.0 Å². The second kappa shape index (κ2) is 8.78. The van der Waals surface area contributed by atoms with E-state index in [1.807, 2.05) is 41.3 Å². The standard InChI is InChI=1S/C23H28N2O4S/c1-30(27,28)25-12-9-20-15-21(7-8-22(20)25)23(26)24(16-18-5-3-2-4-6-18)17-19-10-13-29-14-11-19/h2-8,15,19H,9-14,16-17H2,1H3. The first-order valence-electron chi connectivity index (χ1n) is 10.4. The molecule has 6 nitrogen and oxygen atoms in total. The molecule has 0 radical (unpaired) electrons. The van der Waals surface area contributed by atoms with Crippen molar-refractivity contribution in [2.75, 3.05) is 36.9 Å². The van der Waals surface area contributed by atoms with Crippen molar-refractivity contribution in [2.24, 2.45) is 5.92 Å². The van der Waals surface area contributed by atoms with E-state index in [1.165, 1.54) is 10.6 Å². The summed E-state index contributed by atoms with van der Waals surface area (Å²) in [5.74, 6) is 0.424. The van der Waals surface area contributed by atoms with Gasteiger partial charge >= 0.3 is 0 Å². The van der Waals surface area contributed by atoms with Gasteiger partial charge in [-0.3, -0.25) is 9.10 Å². The Morgan fingerprint density at radius 3 is 2.57 bits per heavy atom. The summed E-state index contributed by atoms with van der Waals surface area (Å²) >= 11 is 0. The molecule has 0 bridgehead atoms. The zero-order valence-electron chi connectivity index (χ0n) is 17.3. The summed E-state index contributed by atoms with van der Waals surface area (Å²) in [5.41, 5.74) is 3.32. The predicted octanol–water partition coefficient (Wildman–Crippen LogP) is 3.08. The zero-order chi connectivity index (χ0) is 21.1. The molecular weight excluding hydrogens is 400 g/mol. The molecule has 30 heavy (non-hydrogen) atoms. The molecule has 2 aromatic carbocycles. The Hall–Kier alpha value is -2.38. The van der Waals surface area contributed by atoms with Gasteiger partial charge in [-0.15, -0.1) is 0 Å². The number of ether oxygens (including phenoxy) is 1. The Morgan fingerprint density at radius 2 is 1.87 bits per heavy atom. The minimum absolute atomic E-state index is 0.00838. The highest BCUT2D eigenvalue weighted by Gasteiger charge is 2.28. The van der Waals surface area contributed by atoms with Crippen LogP contribution >= 0.6 is 0 Å². The lowest BCUT2D eigenvalue weighted by Gasteiger charge is -2.30. The van der Waals surface area contributed by atoms with Crippen LogP contribution in [0.5, 0.6) is 0 Å². The number of hydrogen-bond acceptors (Lipinski definition) is 4. The van der Waals surface area contributed by atoms with Gasteiger partial charge in [-0.05, 0) is 54.5 Å². The molecule has 1 saturated heterocycles. The molecule has 0 saturated carbocycles. The van der Waals surface area contributed by atoms with Crippen molar-refractivity contribution in [3.8, 4) is 0 Å². The van der Waals surface area contributed by atoms with Crippen LogP contribution in [-0.4, -0.2) is 51.8 Å². The molecule has 2 aromatic rings.